The van der Waals surface area contributed by atoms with Crippen molar-refractivity contribution in [2.24, 2.45) is 0 Å². The smallest absolute Gasteiger partial charge is 0.328 e. The van der Waals surface area contributed by atoms with E-state index in [-0.39, 0.29) is 4.90 Å². The summed E-state index contributed by atoms with van der Waals surface area (Å²) in [5.41, 5.74) is 0. The zero-order valence-electron chi connectivity index (χ0n) is 7.01. The minimum Gasteiger partial charge on any atom is -0.478 e. The van der Waals surface area contributed by atoms with Gasteiger partial charge in [-0.25, -0.2) is 13.4 Å². The molecule has 0 aliphatic carbocycles. The summed E-state index contributed by atoms with van der Waals surface area (Å²) in [5, 5.41) is 9.27. The van der Waals surface area contributed by atoms with Gasteiger partial charge in [0.25, 0.3) is 0 Å². The van der Waals surface area contributed by atoms with E-state index in [9.17, 15) is 13.4 Å². The molecule has 0 saturated heterocycles. The van der Waals surface area contributed by atoms with E-state index in [0.29, 0.717) is 0 Å². The lowest BCUT2D eigenvalue weighted by molar-refractivity contribution is -0.131. The van der Waals surface area contributed by atoms with Crippen molar-refractivity contribution in [1.29, 1.82) is 0 Å². The van der Waals surface area contributed by atoms with E-state index in [1.807, 2.05) is 0 Å². The van der Waals surface area contributed by atoms with Gasteiger partial charge in [0.15, 0.2) is 0 Å². The third-order valence-corrected chi connectivity index (χ3v) is 2.46. The molecule has 1 aromatic carbocycles. The molecule has 0 aromatic heterocycles. The maximum atomic E-state index is 12.7. The Morgan fingerprint density at radius 3 is 2.79 bits per heavy atom. The predicted molar refractivity (Wildman–Crippen MR) is 49.6 cm³/mol. The van der Waals surface area contributed by atoms with Crippen LogP contribution in [0.25, 0.3) is 0 Å². The van der Waals surface area contributed by atoms with Crippen molar-refractivity contribution in [3.05, 3.63) is 41.6 Å². The van der Waals surface area contributed by atoms with Gasteiger partial charge in [0.2, 0.25) is 0 Å². The zero-order chi connectivity index (χ0) is 10.6. The van der Waals surface area contributed by atoms with E-state index < -0.39 is 22.6 Å². The Kier molecular flexibility index (Phi) is 3.53. The summed E-state index contributed by atoms with van der Waals surface area (Å²) in [4.78, 5) is 10.3. The van der Waals surface area contributed by atoms with Crippen molar-refractivity contribution >= 4 is 16.8 Å². The number of rotatable bonds is 3. The van der Waals surface area contributed by atoms with Gasteiger partial charge in [-0.3, -0.25) is 0 Å². The number of aliphatic carboxylic acids is 1. The van der Waals surface area contributed by atoms with Gasteiger partial charge in [-0.05, 0) is 18.2 Å². The van der Waals surface area contributed by atoms with Crippen molar-refractivity contribution in [3.8, 4) is 0 Å². The van der Waals surface area contributed by atoms with Crippen LogP contribution in [0.4, 0.5) is 4.39 Å². The van der Waals surface area contributed by atoms with E-state index in [2.05, 4.69) is 0 Å². The number of halogens is 1. The van der Waals surface area contributed by atoms with Crippen molar-refractivity contribution < 1.29 is 18.5 Å². The highest BCUT2D eigenvalue weighted by atomic mass is 32.2. The highest BCUT2D eigenvalue weighted by Crippen LogP contribution is 2.09. The van der Waals surface area contributed by atoms with Crippen molar-refractivity contribution in [3.63, 3.8) is 0 Å². The van der Waals surface area contributed by atoms with Crippen LogP contribution in [0, 0.1) is 5.82 Å². The molecule has 1 rings (SSSR count). The van der Waals surface area contributed by atoms with Gasteiger partial charge in [-0.15, -0.1) is 0 Å². The molecule has 0 aliphatic heterocycles. The fourth-order valence-electron chi connectivity index (χ4n) is 0.791. The van der Waals surface area contributed by atoms with Crippen LogP contribution < -0.4 is 0 Å². The molecule has 1 N–H and O–H groups in total. The van der Waals surface area contributed by atoms with Crippen LogP contribution >= 0.6 is 0 Å². The second-order valence-corrected chi connectivity index (χ2v) is 3.73. The first-order valence-electron chi connectivity index (χ1n) is 3.67. The van der Waals surface area contributed by atoms with Crippen LogP contribution in [-0.2, 0) is 15.6 Å². The first kappa shape index (κ1) is 10.6. The standard InChI is InChI=1S/C9H7FO3S/c10-7-2-1-3-8(6-7)14(13)5-4-9(11)12/h1-6H,(H,11,12)/b5-4+. The molecule has 5 heteroatoms. The predicted octanol–water partition coefficient (Wildman–Crippen LogP) is 1.53. The molecule has 0 spiro atoms. The highest BCUT2D eigenvalue weighted by molar-refractivity contribution is 7.88. The molecule has 14 heavy (non-hydrogen) atoms. The number of benzene rings is 1. The summed E-state index contributed by atoms with van der Waals surface area (Å²) in [6, 6.07) is 5.20. The van der Waals surface area contributed by atoms with Crippen molar-refractivity contribution in [2.45, 2.75) is 4.90 Å². The summed E-state index contributed by atoms with van der Waals surface area (Å²) in [5.74, 6) is -1.69. The largest absolute Gasteiger partial charge is 0.478 e. The second kappa shape index (κ2) is 4.66. The molecule has 1 aromatic rings. The number of carboxylic acid groups (broad SMARTS) is 1. The summed E-state index contributed by atoms with van der Waals surface area (Å²) in [7, 11) is -1.62. The van der Waals surface area contributed by atoms with Crippen LogP contribution in [-0.4, -0.2) is 15.3 Å². The van der Waals surface area contributed by atoms with Gasteiger partial charge in [0.05, 0.1) is 10.8 Å². The van der Waals surface area contributed by atoms with Gasteiger partial charge in [0.1, 0.15) is 5.82 Å². The molecule has 0 radical (unpaired) electrons. The lowest BCUT2D eigenvalue weighted by Crippen LogP contribution is -1.91. The molecular weight excluding hydrogens is 207 g/mol. The Balaban J connectivity index is 2.85. The number of hydrogen-bond donors (Lipinski definition) is 1. The Bertz CT molecular complexity index is 401. The van der Waals surface area contributed by atoms with E-state index in [1.54, 1.807) is 0 Å². The minimum atomic E-state index is -1.62. The van der Waals surface area contributed by atoms with Crippen molar-refractivity contribution in [1.82, 2.24) is 0 Å². The number of carbonyl (C=O) groups is 1. The van der Waals surface area contributed by atoms with E-state index in [4.69, 9.17) is 5.11 Å². The number of carboxylic acids is 1. The summed E-state index contributed by atoms with van der Waals surface area (Å²) >= 11 is 0. The van der Waals surface area contributed by atoms with Crippen LogP contribution in [0.3, 0.4) is 0 Å². The molecule has 3 nitrogen and oxygen atoms in total. The summed E-state index contributed by atoms with van der Waals surface area (Å²) < 4.78 is 23.9. The van der Waals surface area contributed by atoms with Gasteiger partial charge in [-0.2, -0.15) is 0 Å². The lowest BCUT2D eigenvalue weighted by atomic mass is 10.4. The fourth-order valence-corrected chi connectivity index (χ4v) is 1.63. The van der Waals surface area contributed by atoms with Crippen molar-refractivity contribution in [2.75, 3.05) is 0 Å². The zero-order valence-corrected chi connectivity index (χ0v) is 7.83. The fraction of sp³-hybridized carbons (Fsp3) is 0. The van der Waals surface area contributed by atoms with Crippen LogP contribution in [0.2, 0.25) is 0 Å². The van der Waals surface area contributed by atoms with Crippen LogP contribution in [0.15, 0.2) is 40.6 Å². The highest BCUT2D eigenvalue weighted by Gasteiger charge is 2.01. The molecule has 0 amide bonds. The SMILES string of the molecule is O=C(O)/C=C/S(=O)c1cccc(F)c1. The molecule has 0 aliphatic rings. The molecule has 0 saturated carbocycles. The first-order valence-corrected chi connectivity index (χ1v) is 4.88. The molecule has 0 heterocycles. The van der Waals surface area contributed by atoms with Crippen LogP contribution in [0.5, 0.6) is 0 Å². The third kappa shape index (κ3) is 3.10. The molecular formula is C9H7FO3S. The van der Waals surface area contributed by atoms with Crippen LogP contribution in [0.1, 0.15) is 0 Å². The topological polar surface area (TPSA) is 54.4 Å². The minimum absolute atomic E-state index is 0.238. The first-order chi connectivity index (χ1) is 6.59. The summed E-state index contributed by atoms with van der Waals surface area (Å²) in [6.07, 6.45) is 0.765. The van der Waals surface area contributed by atoms with Gasteiger partial charge < -0.3 is 5.11 Å². The maximum absolute atomic E-state index is 12.7. The normalized spacial score (nSPS) is 12.9. The maximum Gasteiger partial charge on any atom is 0.328 e. The molecule has 1 unspecified atom stereocenters. The molecule has 74 valence electrons. The molecule has 0 bridgehead atoms. The van der Waals surface area contributed by atoms with E-state index >= 15 is 0 Å². The summed E-state index contributed by atoms with van der Waals surface area (Å²) in [6.45, 7) is 0. The molecule has 1 atom stereocenters. The Morgan fingerprint density at radius 1 is 1.50 bits per heavy atom. The van der Waals surface area contributed by atoms with Gasteiger partial charge in [-0.1, -0.05) is 6.07 Å². The van der Waals surface area contributed by atoms with Gasteiger partial charge in [0, 0.05) is 16.4 Å². The Morgan fingerprint density at radius 2 is 2.21 bits per heavy atom. The van der Waals surface area contributed by atoms with Gasteiger partial charge >= 0.3 is 5.97 Å². The molecule has 0 fully saturated rings. The Hall–Kier alpha value is -1.49. The Labute approximate surface area is 82.3 Å². The quantitative estimate of drug-likeness (QED) is 0.776. The third-order valence-electron chi connectivity index (χ3n) is 1.36. The second-order valence-electron chi connectivity index (χ2n) is 2.40. The van der Waals surface area contributed by atoms with E-state index in [0.717, 1.165) is 17.6 Å². The lowest BCUT2D eigenvalue weighted by Gasteiger charge is -1.95. The van der Waals surface area contributed by atoms with E-state index in [1.165, 1.54) is 18.2 Å². The number of hydrogen-bond acceptors (Lipinski definition) is 2. The average Bonchev–Trinajstić information content (AvgIpc) is 2.14. The average molecular weight is 214 g/mol. The monoisotopic (exact) mass is 214 g/mol.